The topological polar surface area (TPSA) is 75.7 Å². The molecule has 1 N–H and O–H groups in total. The maximum absolute atomic E-state index is 12.8. The molecule has 0 aliphatic rings. The predicted molar refractivity (Wildman–Crippen MR) is 109 cm³/mol. The van der Waals surface area contributed by atoms with Crippen molar-refractivity contribution in [2.45, 2.75) is 19.4 Å². The summed E-state index contributed by atoms with van der Waals surface area (Å²) in [6.07, 6.45) is 1.31. The zero-order valence-electron chi connectivity index (χ0n) is 15.1. The molecule has 1 atom stereocenters. The molecule has 146 valence electrons. The minimum atomic E-state index is -3.73. The van der Waals surface area contributed by atoms with Gasteiger partial charge in [-0.1, -0.05) is 36.2 Å². The molecule has 0 aliphatic heterocycles. The number of ether oxygens (including phenoxy) is 1. The molecular formula is C18H20Cl2N2O4S. The van der Waals surface area contributed by atoms with Gasteiger partial charge in [0.25, 0.3) is 0 Å². The minimum absolute atomic E-state index is 0.259. The second-order valence-corrected chi connectivity index (χ2v) is 8.50. The molecule has 0 aromatic heterocycles. The number of rotatable bonds is 7. The number of carbonyl (C=O) groups is 1. The Bertz CT molecular complexity index is 935. The first kappa shape index (κ1) is 21.3. The van der Waals surface area contributed by atoms with Crippen LogP contribution in [0.25, 0.3) is 0 Å². The summed E-state index contributed by atoms with van der Waals surface area (Å²) in [7, 11) is -2.25. The van der Waals surface area contributed by atoms with Crippen LogP contribution in [-0.4, -0.2) is 33.7 Å². The van der Waals surface area contributed by atoms with E-state index in [-0.39, 0.29) is 6.42 Å². The number of hydrogen-bond acceptors (Lipinski definition) is 4. The molecule has 0 heterocycles. The number of halogens is 2. The zero-order chi connectivity index (χ0) is 20.2. The van der Waals surface area contributed by atoms with Gasteiger partial charge in [-0.05, 0) is 42.8 Å². The van der Waals surface area contributed by atoms with E-state index >= 15 is 0 Å². The summed E-state index contributed by atoms with van der Waals surface area (Å²) in [6, 6.07) is 10.2. The van der Waals surface area contributed by atoms with Crippen molar-refractivity contribution in [1.82, 2.24) is 0 Å². The van der Waals surface area contributed by atoms with E-state index in [4.69, 9.17) is 27.9 Å². The average Bonchev–Trinajstić information content (AvgIpc) is 2.58. The van der Waals surface area contributed by atoms with Crippen LogP contribution < -0.4 is 14.4 Å². The number of amides is 1. The van der Waals surface area contributed by atoms with Gasteiger partial charge in [0.2, 0.25) is 15.9 Å². The number of sulfonamides is 1. The lowest BCUT2D eigenvalue weighted by molar-refractivity contribution is -0.117. The van der Waals surface area contributed by atoms with Gasteiger partial charge in [0.1, 0.15) is 11.8 Å². The first-order valence-electron chi connectivity index (χ1n) is 8.06. The van der Waals surface area contributed by atoms with Crippen LogP contribution in [0.5, 0.6) is 5.75 Å². The molecule has 0 spiro atoms. The van der Waals surface area contributed by atoms with Crippen molar-refractivity contribution in [2.75, 3.05) is 23.0 Å². The summed E-state index contributed by atoms with van der Waals surface area (Å²) in [4.78, 5) is 12.8. The fourth-order valence-corrected chi connectivity index (χ4v) is 4.29. The van der Waals surface area contributed by atoms with Crippen LogP contribution in [0.3, 0.4) is 0 Å². The van der Waals surface area contributed by atoms with Gasteiger partial charge in [-0.25, -0.2) is 8.42 Å². The number of nitrogens with one attached hydrogen (secondary N) is 1. The molecule has 1 amide bonds. The first-order valence-corrected chi connectivity index (χ1v) is 10.7. The molecule has 0 radical (unpaired) electrons. The molecule has 0 aliphatic carbocycles. The fourth-order valence-electron chi connectivity index (χ4n) is 2.64. The molecule has 9 heteroatoms. The smallest absolute Gasteiger partial charge is 0.248 e. The predicted octanol–water partition coefficient (Wildman–Crippen LogP) is 4.19. The Balaban J connectivity index is 2.36. The highest BCUT2D eigenvalue weighted by Crippen LogP contribution is 2.29. The van der Waals surface area contributed by atoms with E-state index in [1.165, 1.54) is 19.2 Å². The summed E-state index contributed by atoms with van der Waals surface area (Å²) >= 11 is 12.1. The zero-order valence-corrected chi connectivity index (χ0v) is 17.4. The van der Waals surface area contributed by atoms with Gasteiger partial charge >= 0.3 is 0 Å². The van der Waals surface area contributed by atoms with Gasteiger partial charge in [-0.3, -0.25) is 9.10 Å². The highest BCUT2D eigenvalue weighted by Gasteiger charge is 2.31. The minimum Gasteiger partial charge on any atom is -0.495 e. The lowest BCUT2D eigenvalue weighted by Gasteiger charge is -2.30. The molecule has 0 fully saturated rings. The van der Waals surface area contributed by atoms with Gasteiger partial charge in [0.05, 0.1) is 24.1 Å². The Labute approximate surface area is 169 Å². The lowest BCUT2D eigenvalue weighted by Crippen LogP contribution is -2.47. The second-order valence-electron chi connectivity index (χ2n) is 5.80. The van der Waals surface area contributed by atoms with Crippen molar-refractivity contribution in [3.63, 3.8) is 0 Å². The van der Waals surface area contributed by atoms with Crippen LogP contribution >= 0.6 is 23.2 Å². The van der Waals surface area contributed by atoms with Crippen LogP contribution in [0.2, 0.25) is 10.0 Å². The standard InChI is InChI=1S/C18H20Cl2N2O4S/c1-4-16(18(23)21-13-8-9-17(26-2)15(20)11-13)22(27(3,24)25)14-7-5-6-12(19)10-14/h5-11,16H,4H2,1-3H3,(H,21,23)/t16-/m1/s1. The van der Waals surface area contributed by atoms with Crippen LogP contribution in [-0.2, 0) is 14.8 Å². The van der Waals surface area contributed by atoms with Crippen LogP contribution in [0, 0.1) is 0 Å². The van der Waals surface area contributed by atoms with E-state index in [1.807, 2.05) is 0 Å². The number of carbonyl (C=O) groups excluding carboxylic acids is 1. The van der Waals surface area contributed by atoms with Gasteiger partial charge < -0.3 is 10.1 Å². The van der Waals surface area contributed by atoms with Crippen LogP contribution in [0.4, 0.5) is 11.4 Å². The SMILES string of the molecule is CC[C@H](C(=O)Nc1ccc(OC)c(Cl)c1)N(c1cccc(Cl)c1)S(C)(=O)=O. The molecule has 0 saturated heterocycles. The summed E-state index contributed by atoms with van der Waals surface area (Å²) in [5, 5.41) is 3.41. The van der Waals surface area contributed by atoms with Gasteiger partial charge in [0, 0.05) is 10.7 Å². The Hall–Kier alpha value is -1.96. The van der Waals surface area contributed by atoms with E-state index in [2.05, 4.69) is 5.32 Å². The van der Waals surface area contributed by atoms with Crippen molar-refractivity contribution < 1.29 is 17.9 Å². The van der Waals surface area contributed by atoms with E-state index in [9.17, 15) is 13.2 Å². The highest BCUT2D eigenvalue weighted by molar-refractivity contribution is 7.92. The van der Waals surface area contributed by atoms with E-state index in [1.54, 1.807) is 37.3 Å². The third-order valence-corrected chi connectivity index (χ3v) is 5.52. The lowest BCUT2D eigenvalue weighted by atomic mass is 10.1. The quantitative estimate of drug-likeness (QED) is 0.714. The Morgan fingerprint density at radius 2 is 1.93 bits per heavy atom. The van der Waals surface area contributed by atoms with E-state index < -0.39 is 22.0 Å². The molecule has 0 unspecified atom stereocenters. The Kier molecular flexibility index (Phi) is 6.97. The highest BCUT2D eigenvalue weighted by atomic mass is 35.5. The second kappa shape index (κ2) is 8.82. The third kappa shape index (κ3) is 5.28. The number of anilines is 2. The maximum atomic E-state index is 12.8. The van der Waals surface area contributed by atoms with Crippen molar-refractivity contribution in [1.29, 1.82) is 0 Å². The Morgan fingerprint density at radius 1 is 1.22 bits per heavy atom. The monoisotopic (exact) mass is 430 g/mol. The molecule has 0 saturated carbocycles. The third-order valence-electron chi connectivity index (χ3n) is 3.81. The largest absolute Gasteiger partial charge is 0.495 e. The number of hydrogen-bond donors (Lipinski definition) is 1. The summed E-state index contributed by atoms with van der Waals surface area (Å²) in [6.45, 7) is 1.73. The van der Waals surface area contributed by atoms with Crippen molar-refractivity contribution in [2.24, 2.45) is 0 Å². The van der Waals surface area contributed by atoms with Crippen molar-refractivity contribution in [3.05, 3.63) is 52.5 Å². The average molecular weight is 431 g/mol. The van der Waals surface area contributed by atoms with Crippen molar-refractivity contribution >= 4 is 50.5 Å². The molecule has 0 bridgehead atoms. The number of methoxy groups -OCH3 is 1. The normalized spacial score (nSPS) is 12.3. The molecule has 2 aromatic carbocycles. The number of nitrogens with zero attached hydrogens (tertiary/aromatic N) is 1. The molecule has 6 nitrogen and oxygen atoms in total. The Morgan fingerprint density at radius 3 is 2.44 bits per heavy atom. The van der Waals surface area contributed by atoms with Crippen LogP contribution in [0.15, 0.2) is 42.5 Å². The summed E-state index contributed by atoms with van der Waals surface area (Å²) < 4.78 is 31.0. The van der Waals surface area contributed by atoms with E-state index in [0.29, 0.717) is 27.2 Å². The molecule has 27 heavy (non-hydrogen) atoms. The first-order chi connectivity index (χ1) is 12.7. The molecule has 2 rings (SSSR count). The van der Waals surface area contributed by atoms with Crippen molar-refractivity contribution in [3.8, 4) is 5.75 Å². The fraction of sp³-hybridized carbons (Fsp3) is 0.278. The number of benzene rings is 2. The van der Waals surface area contributed by atoms with Gasteiger partial charge in [-0.15, -0.1) is 0 Å². The van der Waals surface area contributed by atoms with Crippen LogP contribution in [0.1, 0.15) is 13.3 Å². The van der Waals surface area contributed by atoms with E-state index in [0.717, 1.165) is 10.6 Å². The molecule has 2 aromatic rings. The molecular weight excluding hydrogens is 411 g/mol. The van der Waals surface area contributed by atoms with Gasteiger partial charge in [-0.2, -0.15) is 0 Å². The summed E-state index contributed by atoms with van der Waals surface area (Å²) in [5.41, 5.74) is 0.753. The maximum Gasteiger partial charge on any atom is 0.248 e. The van der Waals surface area contributed by atoms with Gasteiger partial charge in [0.15, 0.2) is 0 Å². The summed E-state index contributed by atoms with van der Waals surface area (Å²) in [5.74, 6) is -0.0115.